The monoisotopic (exact) mass is 494 g/mol. The van der Waals surface area contributed by atoms with Crippen molar-refractivity contribution in [1.29, 1.82) is 0 Å². The Kier molecular flexibility index (Phi) is 8.33. The Balaban J connectivity index is 1.56. The number of benzene rings is 2. The molecule has 9 nitrogen and oxygen atoms in total. The van der Waals surface area contributed by atoms with E-state index in [0.29, 0.717) is 16.2 Å². The van der Waals surface area contributed by atoms with Gasteiger partial charge >= 0.3 is 193 Å². The van der Waals surface area contributed by atoms with Crippen LogP contribution in [0.15, 0.2) is 59.7 Å². The molecule has 0 aromatic heterocycles. The predicted molar refractivity (Wildman–Crippen MR) is 121 cm³/mol. The normalized spacial score (nSPS) is 15.3. The third-order valence-electron chi connectivity index (χ3n) is 4.69. The molecule has 1 aliphatic heterocycles. The van der Waals surface area contributed by atoms with Crippen molar-refractivity contribution in [3.05, 3.63) is 60.2 Å². The Hall–Kier alpha value is -3.50. The average molecular weight is 494 g/mol. The Bertz CT molecular complexity index is 1050. The SMILES string of the molecule is CC[CH]([Co][CH2]C(C)C(=O)Nc1cccc(NN=C2C(=O)NC(=O)NC2=O)c1)c1ccccc1. The Morgan fingerprint density at radius 3 is 2.33 bits per heavy atom. The van der Waals surface area contributed by atoms with Crippen molar-refractivity contribution in [2.45, 2.75) is 30.5 Å². The maximum atomic E-state index is 12.7. The van der Waals surface area contributed by atoms with E-state index in [2.05, 4.69) is 34.9 Å². The molecule has 0 bridgehead atoms. The molecule has 2 aromatic rings. The zero-order chi connectivity index (χ0) is 23.8. The van der Waals surface area contributed by atoms with Gasteiger partial charge in [0.15, 0.2) is 0 Å². The minimum absolute atomic E-state index is 0.0995. The molecule has 175 valence electrons. The van der Waals surface area contributed by atoms with Crippen LogP contribution in [0.25, 0.3) is 0 Å². The fourth-order valence-corrected chi connectivity index (χ4v) is 4.55. The number of amides is 5. The molecule has 0 radical (unpaired) electrons. The standard InChI is InChI=1S/C14H14N5O4.C9H11.Co/c1-7(2)11(20)15-8-4-3-5-9(6-8)18-19-10-12(21)16-14(23)17-13(10)22;1-2-6-9-7-4-3-5-8-9;/h3-7,18H,1H2,2H3,(H,15,20)(H2,16,17,21,22,23);3-8H,2H2,1H3;. The Morgan fingerprint density at radius 1 is 1.00 bits per heavy atom. The summed E-state index contributed by atoms with van der Waals surface area (Å²) in [7, 11) is 0. The number of nitrogens with zero attached hydrogens (tertiary/aromatic N) is 1. The van der Waals surface area contributed by atoms with Crippen LogP contribution in [0.1, 0.15) is 30.7 Å². The van der Waals surface area contributed by atoms with Crippen molar-refractivity contribution < 1.29 is 33.9 Å². The van der Waals surface area contributed by atoms with E-state index in [1.165, 1.54) is 20.3 Å². The minimum atomic E-state index is -0.894. The van der Waals surface area contributed by atoms with E-state index in [1.807, 2.05) is 35.8 Å². The number of hydrazone groups is 1. The molecule has 2 aromatic carbocycles. The molecule has 0 saturated carbocycles. The zero-order valence-electron chi connectivity index (χ0n) is 18.2. The number of hydrogen-bond acceptors (Lipinski definition) is 6. The van der Waals surface area contributed by atoms with Crippen LogP contribution in [-0.4, -0.2) is 29.5 Å². The molecular formula is C23H25CoN5O4. The van der Waals surface area contributed by atoms with Crippen molar-refractivity contribution >= 4 is 40.8 Å². The van der Waals surface area contributed by atoms with E-state index in [0.717, 1.165) is 11.8 Å². The first-order valence-electron chi connectivity index (χ1n) is 10.4. The molecule has 2 unspecified atom stereocenters. The van der Waals surface area contributed by atoms with E-state index in [1.54, 1.807) is 24.3 Å². The van der Waals surface area contributed by atoms with Gasteiger partial charge in [-0.3, -0.25) is 0 Å². The summed E-state index contributed by atoms with van der Waals surface area (Å²) >= 11 is 1.23. The number of nitrogens with one attached hydrogen (secondary N) is 4. The summed E-state index contributed by atoms with van der Waals surface area (Å²) in [5.74, 6) is -2.08. The molecule has 0 aliphatic carbocycles. The van der Waals surface area contributed by atoms with Crippen LogP contribution >= 0.6 is 0 Å². The van der Waals surface area contributed by atoms with Crippen LogP contribution < -0.4 is 21.4 Å². The molecule has 1 aliphatic rings. The number of rotatable bonds is 9. The van der Waals surface area contributed by atoms with Gasteiger partial charge in [-0.25, -0.2) is 4.79 Å². The van der Waals surface area contributed by atoms with Gasteiger partial charge in [0.05, 0.1) is 0 Å². The summed E-state index contributed by atoms with van der Waals surface area (Å²) in [5.41, 5.74) is 4.41. The zero-order valence-corrected chi connectivity index (χ0v) is 19.2. The third kappa shape index (κ3) is 6.74. The molecule has 3 rings (SSSR count). The molecular weight excluding hydrogens is 469 g/mol. The van der Waals surface area contributed by atoms with Crippen LogP contribution in [0.5, 0.6) is 0 Å². The number of anilines is 2. The van der Waals surface area contributed by atoms with Crippen molar-refractivity contribution in [2.24, 2.45) is 11.0 Å². The summed E-state index contributed by atoms with van der Waals surface area (Å²) < 4.78 is 0. The quantitative estimate of drug-likeness (QED) is 0.399. The fourth-order valence-electron chi connectivity index (χ4n) is 2.95. The summed E-state index contributed by atoms with van der Waals surface area (Å²) in [4.78, 5) is 47.6. The summed E-state index contributed by atoms with van der Waals surface area (Å²) in [6, 6.07) is 16.1. The topological polar surface area (TPSA) is 129 Å². The molecule has 0 spiro atoms. The molecule has 1 heterocycles. The second kappa shape index (κ2) is 11.4. The van der Waals surface area contributed by atoms with Gasteiger partial charge in [-0.1, -0.05) is 0 Å². The van der Waals surface area contributed by atoms with Crippen molar-refractivity contribution in [1.82, 2.24) is 10.6 Å². The summed E-state index contributed by atoms with van der Waals surface area (Å²) in [5, 5.41) is 11.3. The van der Waals surface area contributed by atoms with Gasteiger partial charge < -0.3 is 0 Å². The Labute approximate surface area is 197 Å². The van der Waals surface area contributed by atoms with Gasteiger partial charge in [-0.2, -0.15) is 0 Å². The summed E-state index contributed by atoms with van der Waals surface area (Å²) in [6.07, 6.45) is 0.999. The second-order valence-electron chi connectivity index (χ2n) is 7.31. The molecule has 33 heavy (non-hydrogen) atoms. The average Bonchev–Trinajstić information content (AvgIpc) is 2.79. The fraction of sp³-hybridized carbons (Fsp3) is 0.261. The van der Waals surface area contributed by atoms with Gasteiger partial charge in [0.2, 0.25) is 0 Å². The Morgan fingerprint density at radius 2 is 1.67 bits per heavy atom. The van der Waals surface area contributed by atoms with E-state index in [4.69, 9.17) is 0 Å². The third-order valence-corrected chi connectivity index (χ3v) is 6.86. The van der Waals surface area contributed by atoms with Gasteiger partial charge in [0.1, 0.15) is 0 Å². The molecule has 10 heteroatoms. The first kappa shape index (κ1) is 24.1. The van der Waals surface area contributed by atoms with Gasteiger partial charge in [0, 0.05) is 0 Å². The predicted octanol–water partition coefficient (Wildman–Crippen LogP) is 3.05. The molecule has 5 amide bonds. The number of urea groups is 1. The molecule has 1 fully saturated rings. The van der Waals surface area contributed by atoms with Gasteiger partial charge in [-0.05, 0) is 0 Å². The van der Waals surface area contributed by atoms with Crippen LogP contribution in [-0.2, 0) is 29.1 Å². The van der Waals surface area contributed by atoms with Gasteiger partial charge in [-0.15, -0.1) is 0 Å². The van der Waals surface area contributed by atoms with Crippen molar-refractivity contribution in [2.75, 3.05) is 10.7 Å². The maximum absolute atomic E-state index is 12.7. The van der Waals surface area contributed by atoms with Crippen molar-refractivity contribution in [3.63, 3.8) is 0 Å². The first-order valence-corrected chi connectivity index (χ1v) is 11.7. The second-order valence-corrected chi connectivity index (χ2v) is 8.88. The number of carbonyl (C=O) groups excluding carboxylic acids is 4. The molecule has 2 atom stereocenters. The van der Waals surface area contributed by atoms with Crippen LogP contribution in [0.4, 0.5) is 16.2 Å². The first-order chi connectivity index (χ1) is 15.9. The van der Waals surface area contributed by atoms with Crippen LogP contribution in [0, 0.1) is 5.92 Å². The van der Waals surface area contributed by atoms with Crippen molar-refractivity contribution in [3.8, 4) is 0 Å². The van der Waals surface area contributed by atoms with E-state index < -0.39 is 23.6 Å². The van der Waals surface area contributed by atoms with Crippen LogP contribution in [0.3, 0.4) is 0 Å². The van der Waals surface area contributed by atoms with E-state index >= 15 is 0 Å². The van der Waals surface area contributed by atoms with E-state index in [-0.39, 0.29) is 11.8 Å². The number of carbonyl (C=O) groups is 4. The van der Waals surface area contributed by atoms with Gasteiger partial charge in [0.25, 0.3) is 0 Å². The summed E-state index contributed by atoms with van der Waals surface area (Å²) in [6.45, 7) is 4.05. The molecule has 4 N–H and O–H groups in total. The number of hydrogen-bond donors (Lipinski definition) is 4. The van der Waals surface area contributed by atoms with E-state index in [9.17, 15) is 19.2 Å². The number of imide groups is 2. The van der Waals surface area contributed by atoms with Crippen LogP contribution in [0.2, 0.25) is 5.36 Å². The molecule has 1 saturated heterocycles. The number of barbiturate groups is 1.